The molecule has 0 spiro atoms. The van der Waals surface area contributed by atoms with Gasteiger partial charge in [0.05, 0.1) is 5.92 Å². The van der Waals surface area contributed by atoms with Crippen molar-refractivity contribution in [2.45, 2.75) is 57.9 Å². The van der Waals surface area contributed by atoms with Crippen LogP contribution in [0.15, 0.2) is 30.3 Å². The topological polar surface area (TPSA) is 20.3 Å². The Morgan fingerprint density at radius 3 is 2.40 bits per heavy atom. The van der Waals surface area contributed by atoms with E-state index < -0.39 is 0 Å². The summed E-state index contributed by atoms with van der Waals surface area (Å²) in [5.74, 6) is 0.693. The van der Waals surface area contributed by atoms with E-state index in [2.05, 4.69) is 26.0 Å². The van der Waals surface area contributed by atoms with Crippen molar-refractivity contribution in [3.63, 3.8) is 0 Å². The summed E-state index contributed by atoms with van der Waals surface area (Å²) >= 11 is 0. The molecule has 2 heteroatoms. The SMILES string of the molecule is CCC(C)C(C(=O)N(C)C1CCCC1)c1ccccc1. The van der Waals surface area contributed by atoms with Crippen LogP contribution in [-0.2, 0) is 4.79 Å². The van der Waals surface area contributed by atoms with Gasteiger partial charge in [-0.1, -0.05) is 63.4 Å². The molecular formula is C18H27NO. The van der Waals surface area contributed by atoms with Gasteiger partial charge in [-0.05, 0) is 24.3 Å². The maximum atomic E-state index is 13.0. The number of rotatable bonds is 5. The molecule has 2 atom stereocenters. The van der Waals surface area contributed by atoms with E-state index in [1.54, 1.807) is 0 Å². The summed E-state index contributed by atoms with van der Waals surface area (Å²) in [6.45, 7) is 4.36. The number of nitrogens with zero attached hydrogens (tertiary/aromatic N) is 1. The third kappa shape index (κ3) is 3.23. The Morgan fingerprint density at radius 1 is 1.25 bits per heavy atom. The Labute approximate surface area is 123 Å². The molecule has 1 fully saturated rings. The van der Waals surface area contributed by atoms with E-state index in [4.69, 9.17) is 0 Å². The first kappa shape index (κ1) is 15.1. The molecule has 0 bridgehead atoms. The summed E-state index contributed by atoms with van der Waals surface area (Å²) in [6, 6.07) is 10.7. The highest BCUT2D eigenvalue weighted by Gasteiger charge is 2.32. The summed E-state index contributed by atoms with van der Waals surface area (Å²) < 4.78 is 0. The van der Waals surface area contributed by atoms with Gasteiger partial charge < -0.3 is 4.90 Å². The number of likely N-dealkylation sites (N-methyl/N-ethyl adjacent to an activating group) is 1. The van der Waals surface area contributed by atoms with Crippen molar-refractivity contribution < 1.29 is 4.79 Å². The van der Waals surface area contributed by atoms with Crippen LogP contribution in [0.4, 0.5) is 0 Å². The van der Waals surface area contributed by atoms with Crippen molar-refractivity contribution in [2.24, 2.45) is 5.92 Å². The standard InChI is InChI=1S/C18H27NO/c1-4-14(2)17(15-10-6-5-7-11-15)18(20)19(3)16-12-8-9-13-16/h5-7,10-11,14,16-17H,4,8-9,12-13H2,1-3H3. The van der Waals surface area contributed by atoms with Gasteiger partial charge in [0.1, 0.15) is 0 Å². The molecule has 1 aromatic rings. The van der Waals surface area contributed by atoms with E-state index in [0.717, 1.165) is 12.0 Å². The summed E-state index contributed by atoms with van der Waals surface area (Å²) in [5, 5.41) is 0. The van der Waals surface area contributed by atoms with Gasteiger partial charge in [-0.15, -0.1) is 0 Å². The number of carbonyl (C=O) groups is 1. The second-order valence-electron chi connectivity index (χ2n) is 6.16. The van der Waals surface area contributed by atoms with E-state index in [1.807, 2.05) is 30.1 Å². The van der Waals surface area contributed by atoms with Crippen molar-refractivity contribution >= 4 is 5.91 Å². The van der Waals surface area contributed by atoms with E-state index in [-0.39, 0.29) is 5.92 Å². The Bertz CT molecular complexity index is 422. The smallest absolute Gasteiger partial charge is 0.230 e. The van der Waals surface area contributed by atoms with Gasteiger partial charge >= 0.3 is 0 Å². The van der Waals surface area contributed by atoms with Crippen LogP contribution in [0.2, 0.25) is 0 Å². The van der Waals surface area contributed by atoms with Crippen molar-refractivity contribution in [3.8, 4) is 0 Å². The number of amides is 1. The molecule has 1 aliphatic carbocycles. The summed E-state index contributed by atoms with van der Waals surface area (Å²) in [6.07, 6.45) is 5.90. The molecule has 1 aromatic carbocycles. The maximum Gasteiger partial charge on any atom is 0.230 e. The van der Waals surface area contributed by atoms with Gasteiger partial charge in [-0.25, -0.2) is 0 Å². The van der Waals surface area contributed by atoms with Crippen molar-refractivity contribution in [1.29, 1.82) is 0 Å². The Hall–Kier alpha value is -1.31. The largest absolute Gasteiger partial charge is 0.342 e. The van der Waals surface area contributed by atoms with Crippen LogP contribution >= 0.6 is 0 Å². The number of benzene rings is 1. The molecule has 0 N–H and O–H groups in total. The fourth-order valence-corrected chi connectivity index (χ4v) is 3.30. The lowest BCUT2D eigenvalue weighted by molar-refractivity contribution is -0.134. The van der Waals surface area contributed by atoms with Gasteiger partial charge in [0.25, 0.3) is 0 Å². The van der Waals surface area contributed by atoms with Crippen LogP contribution in [0, 0.1) is 5.92 Å². The predicted octanol–water partition coefficient (Wildman–Crippen LogP) is 4.22. The van der Waals surface area contributed by atoms with Gasteiger partial charge in [0.15, 0.2) is 0 Å². The molecule has 2 nitrogen and oxygen atoms in total. The zero-order valence-corrected chi connectivity index (χ0v) is 13.0. The second kappa shape index (κ2) is 6.92. The summed E-state index contributed by atoms with van der Waals surface area (Å²) in [5.41, 5.74) is 1.16. The highest BCUT2D eigenvalue weighted by Crippen LogP contribution is 2.31. The fraction of sp³-hybridized carbons (Fsp3) is 0.611. The van der Waals surface area contributed by atoms with Crippen molar-refractivity contribution in [3.05, 3.63) is 35.9 Å². The molecule has 0 heterocycles. The molecular weight excluding hydrogens is 246 g/mol. The van der Waals surface area contributed by atoms with Crippen LogP contribution < -0.4 is 0 Å². The number of hydrogen-bond donors (Lipinski definition) is 0. The summed E-state index contributed by atoms with van der Waals surface area (Å²) in [7, 11) is 2.00. The van der Waals surface area contributed by atoms with Crippen LogP contribution in [0.3, 0.4) is 0 Å². The molecule has 110 valence electrons. The molecule has 0 aliphatic heterocycles. The lowest BCUT2D eigenvalue weighted by atomic mass is 9.84. The lowest BCUT2D eigenvalue weighted by Gasteiger charge is -2.31. The van der Waals surface area contributed by atoms with Gasteiger partial charge in [-0.2, -0.15) is 0 Å². The average molecular weight is 273 g/mol. The first-order valence-corrected chi connectivity index (χ1v) is 7.96. The summed E-state index contributed by atoms with van der Waals surface area (Å²) in [4.78, 5) is 15.0. The minimum absolute atomic E-state index is 0.00630. The first-order valence-electron chi connectivity index (χ1n) is 7.96. The normalized spacial score (nSPS) is 18.8. The minimum Gasteiger partial charge on any atom is -0.342 e. The molecule has 1 saturated carbocycles. The van der Waals surface area contributed by atoms with Crippen molar-refractivity contribution in [1.82, 2.24) is 4.90 Å². The van der Waals surface area contributed by atoms with E-state index in [9.17, 15) is 4.79 Å². The van der Waals surface area contributed by atoms with Crippen molar-refractivity contribution in [2.75, 3.05) is 7.05 Å². The zero-order valence-electron chi connectivity index (χ0n) is 13.0. The zero-order chi connectivity index (χ0) is 14.5. The van der Waals surface area contributed by atoms with E-state index >= 15 is 0 Å². The van der Waals surface area contributed by atoms with Crippen LogP contribution in [0.25, 0.3) is 0 Å². The lowest BCUT2D eigenvalue weighted by Crippen LogP contribution is -2.40. The molecule has 0 radical (unpaired) electrons. The molecule has 0 aromatic heterocycles. The van der Waals surface area contributed by atoms with Crippen LogP contribution in [-0.4, -0.2) is 23.9 Å². The van der Waals surface area contributed by atoms with E-state index in [1.165, 1.54) is 25.7 Å². The van der Waals surface area contributed by atoms with Gasteiger partial charge in [0, 0.05) is 13.1 Å². The predicted molar refractivity (Wildman–Crippen MR) is 83.7 cm³/mol. The maximum absolute atomic E-state index is 13.0. The van der Waals surface area contributed by atoms with Crippen LogP contribution in [0.1, 0.15) is 57.4 Å². The third-order valence-electron chi connectivity index (χ3n) is 4.86. The van der Waals surface area contributed by atoms with Gasteiger partial charge in [-0.3, -0.25) is 4.79 Å². The molecule has 20 heavy (non-hydrogen) atoms. The molecule has 0 saturated heterocycles. The second-order valence-corrected chi connectivity index (χ2v) is 6.16. The first-order chi connectivity index (χ1) is 9.65. The third-order valence-corrected chi connectivity index (χ3v) is 4.86. The average Bonchev–Trinajstić information content (AvgIpc) is 3.01. The number of hydrogen-bond acceptors (Lipinski definition) is 1. The molecule has 1 aliphatic rings. The van der Waals surface area contributed by atoms with E-state index in [0.29, 0.717) is 17.9 Å². The highest BCUT2D eigenvalue weighted by molar-refractivity contribution is 5.84. The van der Waals surface area contributed by atoms with Gasteiger partial charge in [0.2, 0.25) is 5.91 Å². The van der Waals surface area contributed by atoms with Crippen LogP contribution in [0.5, 0.6) is 0 Å². The molecule has 2 unspecified atom stereocenters. The Morgan fingerprint density at radius 2 is 1.85 bits per heavy atom. The quantitative estimate of drug-likeness (QED) is 0.786. The molecule has 2 rings (SSSR count). The highest BCUT2D eigenvalue weighted by atomic mass is 16.2. The number of carbonyl (C=O) groups excluding carboxylic acids is 1. The Balaban J connectivity index is 2.20. The molecule has 1 amide bonds. The fourth-order valence-electron chi connectivity index (χ4n) is 3.30. The Kier molecular flexibility index (Phi) is 5.22. The monoisotopic (exact) mass is 273 g/mol. The minimum atomic E-state index is 0.00630.